The summed E-state index contributed by atoms with van der Waals surface area (Å²) >= 11 is 0. The Hall–Kier alpha value is -0.0400. The quantitative estimate of drug-likeness (QED) is 0.445. The van der Waals surface area contributed by atoms with Gasteiger partial charge in [0.1, 0.15) is 0 Å². The number of unbranched alkanes of at least 4 members (excludes halogenated alkanes) is 1. The Kier molecular flexibility index (Phi) is 9.89. The fourth-order valence-electron chi connectivity index (χ4n) is 5.69. The van der Waals surface area contributed by atoms with Crippen LogP contribution in [-0.2, 0) is 0 Å². The fourth-order valence-corrected chi connectivity index (χ4v) is 5.69. The molecule has 0 bridgehead atoms. The van der Waals surface area contributed by atoms with Gasteiger partial charge in [-0.3, -0.25) is 0 Å². The van der Waals surface area contributed by atoms with Crippen LogP contribution in [-0.4, -0.2) is 13.1 Å². The first-order valence-electron chi connectivity index (χ1n) is 11.8. The molecule has 2 aliphatic rings. The Balaban J connectivity index is 1.76. The third-order valence-electron chi connectivity index (χ3n) is 7.81. The maximum atomic E-state index is 3.51. The molecule has 1 saturated carbocycles. The molecule has 0 radical (unpaired) electrons. The van der Waals surface area contributed by atoms with Gasteiger partial charge in [-0.05, 0) is 80.7 Å². The third-order valence-corrected chi connectivity index (χ3v) is 7.81. The van der Waals surface area contributed by atoms with Gasteiger partial charge in [-0.2, -0.15) is 0 Å². The minimum atomic E-state index is 0.956. The minimum Gasteiger partial charge on any atom is -0.317 e. The smallest absolute Gasteiger partial charge is 0.00463 e. The van der Waals surface area contributed by atoms with Gasteiger partial charge in [-0.25, -0.2) is 0 Å². The molecule has 1 N–H and O–H groups in total. The van der Waals surface area contributed by atoms with Crippen LogP contribution in [0.15, 0.2) is 0 Å². The second-order valence-corrected chi connectivity index (χ2v) is 9.72. The van der Waals surface area contributed by atoms with Crippen molar-refractivity contribution in [2.75, 3.05) is 13.1 Å². The summed E-state index contributed by atoms with van der Waals surface area (Å²) in [6.07, 6.45) is 17.6. The van der Waals surface area contributed by atoms with Gasteiger partial charge in [-0.1, -0.05) is 72.6 Å². The number of hydrogen-bond acceptors (Lipinski definition) is 1. The zero-order valence-electron chi connectivity index (χ0n) is 17.9. The highest BCUT2D eigenvalue weighted by Crippen LogP contribution is 2.43. The second-order valence-electron chi connectivity index (χ2n) is 9.72. The lowest BCUT2D eigenvalue weighted by Crippen LogP contribution is -2.30. The largest absolute Gasteiger partial charge is 0.317 e. The normalized spacial score (nSPS) is 31.0. The molecule has 5 atom stereocenters. The number of rotatable bonds is 10. The van der Waals surface area contributed by atoms with E-state index in [1.165, 1.54) is 90.1 Å². The third kappa shape index (κ3) is 7.24. The van der Waals surface area contributed by atoms with Crippen LogP contribution < -0.4 is 5.32 Å². The predicted molar refractivity (Wildman–Crippen MR) is 112 cm³/mol. The van der Waals surface area contributed by atoms with E-state index in [9.17, 15) is 0 Å². The zero-order chi connectivity index (χ0) is 18.1. The van der Waals surface area contributed by atoms with Crippen molar-refractivity contribution < 1.29 is 0 Å². The zero-order valence-corrected chi connectivity index (χ0v) is 17.9. The van der Waals surface area contributed by atoms with E-state index in [0.29, 0.717) is 0 Å². The highest BCUT2D eigenvalue weighted by atomic mass is 14.9. The van der Waals surface area contributed by atoms with Crippen molar-refractivity contribution in [3.8, 4) is 0 Å². The Morgan fingerprint density at radius 3 is 1.96 bits per heavy atom. The van der Waals surface area contributed by atoms with E-state index in [1.54, 1.807) is 0 Å². The summed E-state index contributed by atoms with van der Waals surface area (Å²) in [7, 11) is 0. The van der Waals surface area contributed by atoms with Crippen LogP contribution in [0.2, 0.25) is 0 Å². The van der Waals surface area contributed by atoms with Gasteiger partial charge in [0.25, 0.3) is 0 Å². The van der Waals surface area contributed by atoms with E-state index >= 15 is 0 Å². The second kappa shape index (κ2) is 11.6. The van der Waals surface area contributed by atoms with Gasteiger partial charge in [0, 0.05) is 0 Å². The van der Waals surface area contributed by atoms with E-state index in [-0.39, 0.29) is 0 Å². The topological polar surface area (TPSA) is 12.0 Å². The molecular weight excluding hydrogens is 302 g/mol. The summed E-state index contributed by atoms with van der Waals surface area (Å²) in [6.45, 7) is 12.4. The summed E-state index contributed by atoms with van der Waals surface area (Å²) in [5.41, 5.74) is 0. The molecule has 1 heterocycles. The van der Waals surface area contributed by atoms with E-state index in [4.69, 9.17) is 0 Å². The van der Waals surface area contributed by atoms with Crippen molar-refractivity contribution in [3.05, 3.63) is 0 Å². The molecule has 148 valence electrons. The fraction of sp³-hybridized carbons (Fsp3) is 1.00. The molecule has 0 aromatic heterocycles. The van der Waals surface area contributed by atoms with E-state index < -0.39 is 0 Å². The van der Waals surface area contributed by atoms with Crippen LogP contribution >= 0.6 is 0 Å². The Bertz CT molecular complexity index is 333. The molecule has 0 aromatic rings. The van der Waals surface area contributed by atoms with Crippen LogP contribution in [0.25, 0.3) is 0 Å². The lowest BCUT2D eigenvalue weighted by Gasteiger charge is -2.40. The van der Waals surface area contributed by atoms with Crippen molar-refractivity contribution in [1.82, 2.24) is 5.32 Å². The van der Waals surface area contributed by atoms with Crippen molar-refractivity contribution in [1.29, 1.82) is 0 Å². The van der Waals surface area contributed by atoms with Crippen LogP contribution in [0, 0.1) is 35.5 Å². The summed E-state index contributed by atoms with van der Waals surface area (Å²) < 4.78 is 0. The van der Waals surface area contributed by atoms with Gasteiger partial charge in [0.05, 0.1) is 0 Å². The molecular formula is C24H47N. The molecule has 1 aliphatic carbocycles. The van der Waals surface area contributed by atoms with Gasteiger partial charge >= 0.3 is 0 Å². The van der Waals surface area contributed by atoms with Crippen molar-refractivity contribution >= 4 is 0 Å². The SMILES string of the molecule is CCCCC(C)C1CC(CC)CC(C(C)CCCC2CCNCC2)C1. The summed E-state index contributed by atoms with van der Waals surface area (Å²) in [4.78, 5) is 0. The average Bonchev–Trinajstić information content (AvgIpc) is 2.66. The first-order chi connectivity index (χ1) is 12.1. The minimum absolute atomic E-state index is 0.956. The number of nitrogens with one attached hydrogen (secondary N) is 1. The maximum Gasteiger partial charge on any atom is -0.00463 e. The highest BCUT2D eigenvalue weighted by Gasteiger charge is 2.33. The predicted octanol–water partition coefficient (Wildman–Crippen LogP) is 7.06. The molecule has 1 nitrogen and oxygen atoms in total. The van der Waals surface area contributed by atoms with Crippen LogP contribution in [0.5, 0.6) is 0 Å². The maximum absolute atomic E-state index is 3.51. The Labute approximate surface area is 159 Å². The summed E-state index contributed by atoms with van der Waals surface area (Å²) in [5, 5.41) is 3.51. The Morgan fingerprint density at radius 1 is 0.800 bits per heavy atom. The molecule has 2 fully saturated rings. The monoisotopic (exact) mass is 349 g/mol. The molecule has 25 heavy (non-hydrogen) atoms. The molecule has 1 aliphatic heterocycles. The molecule has 0 aromatic carbocycles. The molecule has 5 unspecified atom stereocenters. The van der Waals surface area contributed by atoms with Gasteiger partial charge in [-0.15, -0.1) is 0 Å². The van der Waals surface area contributed by atoms with E-state index in [1.807, 2.05) is 0 Å². The van der Waals surface area contributed by atoms with Gasteiger partial charge in [0.2, 0.25) is 0 Å². The lowest BCUT2D eigenvalue weighted by molar-refractivity contribution is 0.105. The summed E-state index contributed by atoms with van der Waals surface area (Å²) in [6, 6.07) is 0. The Morgan fingerprint density at radius 2 is 1.40 bits per heavy atom. The molecule has 0 spiro atoms. The van der Waals surface area contributed by atoms with E-state index in [0.717, 1.165) is 35.5 Å². The first-order valence-corrected chi connectivity index (χ1v) is 11.8. The standard InChI is InChI=1S/C24H47N/c1-5-7-9-19(3)23-16-21(6-2)17-24(18-23)20(4)10-8-11-22-12-14-25-15-13-22/h19-25H,5-18H2,1-4H3. The first kappa shape index (κ1) is 21.3. The average molecular weight is 350 g/mol. The van der Waals surface area contributed by atoms with Crippen molar-refractivity contribution in [2.24, 2.45) is 35.5 Å². The molecule has 0 amide bonds. The molecule has 2 rings (SSSR count). The van der Waals surface area contributed by atoms with Crippen LogP contribution in [0.1, 0.15) is 105 Å². The van der Waals surface area contributed by atoms with Crippen molar-refractivity contribution in [3.63, 3.8) is 0 Å². The molecule has 1 heteroatoms. The number of hydrogen-bond donors (Lipinski definition) is 1. The summed E-state index contributed by atoms with van der Waals surface area (Å²) in [5.74, 6) is 5.98. The number of piperidine rings is 1. The van der Waals surface area contributed by atoms with Gasteiger partial charge in [0.15, 0.2) is 0 Å². The highest BCUT2D eigenvalue weighted by molar-refractivity contribution is 4.84. The molecule has 1 saturated heterocycles. The van der Waals surface area contributed by atoms with E-state index in [2.05, 4.69) is 33.0 Å². The van der Waals surface area contributed by atoms with Crippen molar-refractivity contribution in [2.45, 2.75) is 105 Å². The van der Waals surface area contributed by atoms with Gasteiger partial charge < -0.3 is 5.32 Å². The van der Waals surface area contributed by atoms with Crippen LogP contribution in [0.3, 0.4) is 0 Å². The lowest BCUT2D eigenvalue weighted by atomic mass is 9.65. The van der Waals surface area contributed by atoms with Crippen LogP contribution in [0.4, 0.5) is 0 Å².